The van der Waals surface area contributed by atoms with E-state index in [1.807, 2.05) is 19.1 Å². The molecule has 0 saturated carbocycles. The Morgan fingerprint density at radius 2 is 2.16 bits per heavy atom. The van der Waals surface area contributed by atoms with Crippen LogP contribution in [0.5, 0.6) is 0 Å². The molecule has 0 spiro atoms. The Bertz CT molecular complexity index is 628. The maximum absolute atomic E-state index is 12.0. The van der Waals surface area contributed by atoms with Gasteiger partial charge in [-0.15, -0.1) is 0 Å². The van der Waals surface area contributed by atoms with Crippen molar-refractivity contribution < 1.29 is 4.79 Å². The molecule has 3 N–H and O–H groups in total. The first-order valence-corrected chi connectivity index (χ1v) is 5.97. The van der Waals surface area contributed by atoms with Gasteiger partial charge in [0, 0.05) is 18.0 Å². The SMILES string of the molecule is Cc1cccc(NC(=O)c2cnccn2)c1C(N)=S. The summed E-state index contributed by atoms with van der Waals surface area (Å²) < 4.78 is 0. The molecule has 1 aromatic carbocycles. The van der Waals surface area contributed by atoms with Gasteiger partial charge in [0.05, 0.1) is 11.9 Å². The van der Waals surface area contributed by atoms with Gasteiger partial charge < -0.3 is 11.1 Å². The van der Waals surface area contributed by atoms with Crippen molar-refractivity contribution in [1.29, 1.82) is 0 Å². The Morgan fingerprint density at radius 3 is 2.79 bits per heavy atom. The van der Waals surface area contributed by atoms with Crippen LogP contribution in [0.25, 0.3) is 0 Å². The number of aryl methyl sites for hydroxylation is 1. The molecule has 0 atom stereocenters. The third-order valence-electron chi connectivity index (χ3n) is 2.56. The summed E-state index contributed by atoms with van der Waals surface area (Å²) in [5.74, 6) is -0.351. The number of carbonyl (C=O) groups is 1. The molecular weight excluding hydrogens is 260 g/mol. The number of nitrogens with zero attached hydrogens (tertiary/aromatic N) is 2. The highest BCUT2D eigenvalue weighted by molar-refractivity contribution is 7.80. The zero-order valence-corrected chi connectivity index (χ0v) is 11.1. The lowest BCUT2D eigenvalue weighted by Crippen LogP contribution is -2.19. The van der Waals surface area contributed by atoms with Gasteiger partial charge >= 0.3 is 0 Å². The molecule has 0 aliphatic carbocycles. The number of nitrogens with one attached hydrogen (secondary N) is 1. The molecule has 19 heavy (non-hydrogen) atoms. The van der Waals surface area contributed by atoms with Crippen LogP contribution in [-0.2, 0) is 0 Å². The van der Waals surface area contributed by atoms with Crippen molar-refractivity contribution in [2.75, 3.05) is 5.32 Å². The van der Waals surface area contributed by atoms with E-state index in [4.69, 9.17) is 18.0 Å². The molecule has 0 unspecified atom stereocenters. The van der Waals surface area contributed by atoms with E-state index in [1.54, 1.807) is 6.07 Å². The van der Waals surface area contributed by atoms with Crippen molar-refractivity contribution in [3.8, 4) is 0 Å². The first-order valence-electron chi connectivity index (χ1n) is 5.56. The molecule has 0 fully saturated rings. The summed E-state index contributed by atoms with van der Waals surface area (Å²) in [4.78, 5) is 20.0. The van der Waals surface area contributed by atoms with E-state index in [0.717, 1.165) is 5.56 Å². The van der Waals surface area contributed by atoms with Gasteiger partial charge in [-0.3, -0.25) is 9.78 Å². The number of nitrogens with two attached hydrogens (primary N) is 1. The summed E-state index contributed by atoms with van der Waals surface area (Å²) >= 11 is 5.01. The highest BCUT2D eigenvalue weighted by Crippen LogP contribution is 2.19. The molecule has 96 valence electrons. The van der Waals surface area contributed by atoms with Crippen LogP contribution in [0.4, 0.5) is 5.69 Å². The van der Waals surface area contributed by atoms with Crippen molar-refractivity contribution in [3.05, 3.63) is 53.6 Å². The standard InChI is InChI=1S/C13H12N4OS/c1-8-3-2-4-9(11(8)12(14)19)17-13(18)10-7-15-5-6-16-10/h2-7H,1H3,(H2,14,19)(H,17,18). The van der Waals surface area contributed by atoms with Gasteiger partial charge in [0.2, 0.25) is 0 Å². The molecule has 2 aromatic rings. The first kappa shape index (κ1) is 13.1. The second kappa shape index (κ2) is 5.53. The summed E-state index contributed by atoms with van der Waals surface area (Å²) in [6.45, 7) is 1.88. The van der Waals surface area contributed by atoms with Crippen LogP contribution in [-0.4, -0.2) is 20.9 Å². The van der Waals surface area contributed by atoms with E-state index >= 15 is 0 Å². The third kappa shape index (κ3) is 2.92. The molecule has 2 rings (SSSR count). The number of rotatable bonds is 3. The van der Waals surface area contributed by atoms with E-state index in [2.05, 4.69) is 15.3 Å². The van der Waals surface area contributed by atoms with Crippen LogP contribution in [0.2, 0.25) is 0 Å². The predicted octanol–water partition coefficient (Wildman–Crippen LogP) is 1.67. The summed E-state index contributed by atoms with van der Waals surface area (Å²) in [5.41, 5.74) is 8.06. The molecule has 1 heterocycles. The van der Waals surface area contributed by atoms with Gasteiger partial charge in [-0.25, -0.2) is 4.98 Å². The average molecular weight is 272 g/mol. The Morgan fingerprint density at radius 1 is 1.37 bits per heavy atom. The maximum Gasteiger partial charge on any atom is 0.275 e. The summed E-state index contributed by atoms with van der Waals surface area (Å²) in [5, 5.41) is 2.74. The van der Waals surface area contributed by atoms with E-state index in [1.165, 1.54) is 18.6 Å². The van der Waals surface area contributed by atoms with Crippen LogP contribution >= 0.6 is 12.2 Å². The van der Waals surface area contributed by atoms with E-state index in [0.29, 0.717) is 11.3 Å². The van der Waals surface area contributed by atoms with Crippen LogP contribution in [0, 0.1) is 6.92 Å². The number of amides is 1. The third-order valence-corrected chi connectivity index (χ3v) is 2.77. The van der Waals surface area contributed by atoms with Crippen molar-refractivity contribution in [2.24, 2.45) is 5.73 Å². The monoisotopic (exact) mass is 272 g/mol. The second-order valence-corrected chi connectivity index (χ2v) is 4.35. The number of hydrogen-bond acceptors (Lipinski definition) is 4. The van der Waals surface area contributed by atoms with Crippen molar-refractivity contribution in [2.45, 2.75) is 6.92 Å². The number of hydrogen-bond donors (Lipinski definition) is 2. The van der Waals surface area contributed by atoms with Crippen molar-refractivity contribution in [1.82, 2.24) is 9.97 Å². The van der Waals surface area contributed by atoms with Crippen LogP contribution in [0.15, 0.2) is 36.8 Å². The second-order valence-electron chi connectivity index (χ2n) is 3.91. The van der Waals surface area contributed by atoms with E-state index < -0.39 is 0 Å². The zero-order valence-electron chi connectivity index (χ0n) is 10.3. The number of thiocarbonyl (C=S) groups is 1. The van der Waals surface area contributed by atoms with Gasteiger partial charge in [-0.2, -0.15) is 0 Å². The number of carbonyl (C=O) groups excluding carboxylic acids is 1. The molecule has 1 amide bonds. The van der Waals surface area contributed by atoms with Crippen LogP contribution < -0.4 is 11.1 Å². The van der Waals surface area contributed by atoms with Gasteiger partial charge in [-0.1, -0.05) is 24.4 Å². The number of anilines is 1. The fourth-order valence-corrected chi connectivity index (χ4v) is 1.97. The quantitative estimate of drug-likeness (QED) is 0.831. The fourth-order valence-electron chi connectivity index (χ4n) is 1.70. The molecular formula is C13H12N4OS. The van der Waals surface area contributed by atoms with Crippen LogP contribution in [0.1, 0.15) is 21.6 Å². The normalized spacial score (nSPS) is 9.95. The molecule has 0 aliphatic heterocycles. The van der Waals surface area contributed by atoms with Crippen molar-refractivity contribution in [3.63, 3.8) is 0 Å². The number of benzene rings is 1. The molecule has 6 heteroatoms. The van der Waals surface area contributed by atoms with E-state index in [-0.39, 0.29) is 16.6 Å². The molecule has 0 bridgehead atoms. The largest absolute Gasteiger partial charge is 0.389 e. The molecule has 0 radical (unpaired) electrons. The summed E-state index contributed by atoms with van der Waals surface area (Å²) in [7, 11) is 0. The number of aromatic nitrogens is 2. The minimum absolute atomic E-state index is 0.234. The lowest BCUT2D eigenvalue weighted by atomic mass is 10.1. The molecule has 1 aromatic heterocycles. The van der Waals surface area contributed by atoms with Gasteiger partial charge in [0.1, 0.15) is 10.7 Å². The Labute approximate surface area is 115 Å². The Hall–Kier alpha value is -2.34. The van der Waals surface area contributed by atoms with E-state index in [9.17, 15) is 4.79 Å². The smallest absolute Gasteiger partial charge is 0.275 e. The van der Waals surface area contributed by atoms with Crippen molar-refractivity contribution >= 4 is 28.8 Å². The van der Waals surface area contributed by atoms with Gasteiger partial charge in [0.25, 0.3) is 5.91 Å². The lowest BCUT2D eigenvalue weighted by Gasteiger charge is -2.12. The summed E-state index contributed by atoms with van der Waals surface area (Å²) in [6.07, 6.45) is 4.36. The lowest BCUT2D eigenvalue weighted by molar-refractivity contribution is 0.102. The minimum atomic E-state index is -0.351. The van der Waals surface area contributed by atoms with Crippen LogP contribution in [0.3, 0.4) is 0 Å². The maximum atomic E-state index is 12.0. The topological polar surface area (TPSA) is 80.9 Å². The minimum Gasteiger partial charge on any atom is -0.389 e. The fraction of sp³-hybridized carbons (Fsp3) is 0.0769. The van der Waals surface area contributed by atoms with Gasteiger partial charge in [-0.05, 0) is 18.6 Å². The Balaban J connectivity index is 2.32. The van der Waals surface area contributed by atoms with Gasteiger partial charge in [0.15, 0.2) is 0 Å². The molecule has 5 nitrogen and oxygen atoms in total. The highest BCUT2D eigenvalue weighted by atomic mass is 32.1. The summed E-state index contributed by atoms with van der Waals surface area (Å²) in [6, 6.07) is 5.45. The molecule has 0 saturated heterocycles. The average Bonchev–Trinajstić information content (AvgIpc) is 2.39. The first-order chi connectivity index (χ1) is 9.09. The molecule has 0 aliphatic rings. The Kier molecular flexibility index (Phi) is 3.82. The predicted molar refractivity (Wildman–Crippen MR) is 77.1 cm³/mol. The highest BCUT2D eigenvalue weighted by Gasteiger charge is 2.13. The zero-order chi connectivity index (χ0) is 13.8.